The van der Waals surface area contributed by atoms with Crippen LogP contribution in [-0.4, -0.2) is 21.0 Å². The number of carboxylic acid groups (broad SMARTS) is 1. The summed E-state index contributed by atoms with van der Waals surface area (Å²) in [5.74, 6) is -0.356. The fourth-order valence-electron chi connectivity index (χ4n) is 1.70. The van der Waals surface area contributed by atoms with Crippen molar-refractivity contribution in [2.75, 3.05) is 11.1 Å². The molecule has 6 heteroatoms. The van der Waals surface area contributed by atoms with Crippen molar-refractivity contribution in [2.45, 2.75) is 13.5 Å². The van der Waals surface area contributed by atoms with Crippen LogP contribution in [0.4, 0.5) is 11.4 Å². The van der Waals surface area contributed by atoms with E-state index in [1.807, 2.05) is 6.92 Å². The van der Waals surface area contributed by atoms with E-state index in [1.165, 1.54) is 6.07 Å². The number of aryl methyl sites for hydroxylation is 1. The molecule has 0 radical (unpaired) electrons. The second kappa shape index (κ2) is 5.34. The van der Waals surface area contributed by atoms with Gasteiger partial charge in [0.25, 0.3) is 0 Å². The zero-order valence-corrected chi connectivity index (χ0v) is 10.4. The van der Waals surface area contributed by atoms with E-state index in [0.29, 0.717) is 18.1 Å². The lowest BCUT2D eigenvalue weighted by Gasteiger charge is -2.10. The van der Waals surface area contributed by atoms with Gasteiger partial charge in [-0.1, -0.05) is 6.07 Å². The van der Waals surface area contributed by atoms with Gasteiger partial charge >= 0.3 is 5.97 Å². The lowest BCUT2D eigenvalue weighted by molar-refractivity contribution is 0.0698. The van der Waals surface area contributed by atoms with Gasteiger partial charge in [0.15, 0.2) is 0 Å². The first kappa shape index (κ1) is 12.8. The van der Waals surface area contributed by atoms with Crippen LogP contribution in [-0.2, 0) is 6.54 Å². The maximum Gasteiger partial charge on any atom is 0.337 e. The molecule has 0 aliphatic heterocycles. The molecule has 0 fully saturated rings. The minimum Gasteiger partial charge on any atom is -0.478 e. The van der Waals surface area contributed by atoms with Gasteiger partial charge < -0.3 is 16.2 Å². The van der Waals surface area contributed by atoms with Gasteiger partial charge in [-0.3, -0.25) is 0 Å². The Morgan fingerprint density at radius 2 is 2.21 bits per heavy atom. The predicted molar refractivity (Wildman–Crippen MR) is 71.9 cm³/mol. The van der Waals surface area contributed by atoms with E-state index in [1.54, 1.807) is 24.4 Å². The number of anilines is 2. The van der Waals surface area contributed by atoms with Gasteiger partial charge in [-0.05, 0) is 25.1 Å². The summed E-state index contributed by atoms with van der Waals surface area (Å²) < 4.78 is 0. The lowest BCUT2D eigenvalue weighted by atomic mass is 10.1. The molecule has 0 unspecified atom stereocenters. The van der Waals surface area contributed by atoms with Crippen LogP contribution in [0.2, 0.25) is 0 Å². The molecule has 0 amide bonds. The van der Waals surface area contributed by atoms with Crippen LogP contribution >= 0.6 is 0 Å². The smallest absolute Gasteiger partial charge is 0.337 e. The highest BCUT2D eigenvalue weighted by Gasteiger charge is 2.10. The third-order valence-corrected chi connectivity index (χ3v) is 2.63. The first-order chi connectivity index (χ1) is 9.08. The van der Waals surface area contributed by atoms with E-state index < -0.39 is 5.97 Å². The fourth-order valence-corrected chi connectivity index (χ4v) is 1.70. The first-order valence-electron chi connectivity index (χ1n) is 5.72. The first-order valence-corrected chi connectivity index (χ1v) is 5.72. The summed E-state index contributed by atoms with van der Waals surface area (Å²) in [7, 11) is 0. The molecule has 1 heterocycles. The largest absolute Gasteiger partial charge is 0.478 e. The van der Waals surface area contributed by atoms with Crippen molar-refractivity contribution in [1.82, 2.24) is 9.97 Å². The van der Waals surface area contributed by atoms with Crippen LogP contribution in [0.1, 0.15) is 21.9 Å². The fraction of sp³-hybridized carbons (Fsp3) is 0.154. The van der Waals surface area contributed by atoms with Crippen LogP contribution in [0.15, 0.2) is 30.5 Å². The number of rotatable bonds is 4. The summed E-state index contributed by atoms with van der Waals surface area (Å²) in [4.78, 5) is 19.2. The number of nitrogen functional groups attached to an aromatic ring is 1. The second-order valence-electron chi connectivity index (χ2n) is 4.02. The quantitative estimate of drug-likeness (QED) is 0.721. The maximum absolute atomic E-state index is 11.0. The van der Waals surface area contributed by atoms with Crippen molar-refractivity contribution in [3.05, 3.63) is 47.5 Å². The molecule has 19 heavy (non-hydrogen) atoms. The summed E-state index contributed by atoms with van der Waals surface area (Å²) in [5.41, 5.74) is 7.50. The Kier molecular flexibility index (Phi) is 3.61. The van der Waals surface area contributed by atoms with E-state index in [2.05, 4.69) is 15.3 Å². The Bertz CT molecular complexity index is 613. The molecule has 1 aromatic carbocycles. The number of para-hydroxylation sites is 1. The Hall–Kier alpha value is -2.63. The monoisotopic (exact) mass is 258 g/mol. The molecule has 6 nitrogen and oxygen atoms in total. The van der Waals surface area contributed by atoms with E-state index in [4.69, 9.17) is 10.8 Å². The zero-order chi connectivity index (χ0) is 13.8. The van der Waals surface area contributed by atoms with Crippen LogP contribution in [0.5, 0.6) is 0 Å². The van der Waals surface area contributed by atoms with Gasteiger partial charge in [-0.25, -0.2) is 14.8 Å². The summed E-state index contributed by atoms with van der Waals surface area (Å²) in [6.45, 7) is 2.26. The van der Waals surface area contributed by atoms with Gasteiger partial charge in [0.1, 0.15) is 5.82 Å². The number of nitrogens with one attached hydrogen (secondary N) is 1. The van der Waals surface area contributed by atoms with Gasteiger partial charge in [0.2, 0.25) is 0 Å². The number of nitrogens with zero attached hydrogens (tertiary/aromatic N) is 2. The highest BCUT2D eigenvalue weighted by Crippen LogP contribution is 2.23. The summed E-state index contributed by atoms with van der Waals surface area (Å²) in [5, 5.41) is 12.1. The summed E-state index contributed by atoms with van der Waals surface area (Å²) in [6.07, 6.45) is 1.68. The van der Waals surface area contributed by atoms with Crippen molar-refractivity contribution < 1.29 is 9.90 Å². The Balaban J connectivity index is 2.16. The number of aromatic nitrogens is 2. The number of carbonyl (C=O) groups is 1. The van der Waals surface area contributed by atoms with E-state index >= 15 is 0 Å². The molecular weight excluding hydrogens is 244 g/mol. The highest BCUT2D eigenvalue weighted by atomic mass is 16.4. The number of aromatic carboxylic acids is 1. The van der Waals surface area contributed by atoms with Crippen LogP contribution < -0.4 is 11.1 Å². The molecule has 0 saturated heterocycles. The normalized spacial score (nSPS) is 10.2. The van der Waals surface area contributed by atoms with Crippen LogP contribution in [0.3, 0.4) is 0 Å². The predicted octanol–water partition coefficient (Wildman–Crippen LogP) is 1.68. The summed E-state index contributed by atoms with van der Waals surface area (Å²) >= 11 is 0. The lowest BCUT2D eigenvalue weighted by Crippen LogP contribution is -2.08. The van der Waals surface area contributed by atoms with E-state index in [0.717, 1.165) is 5.69 Å². The number of nitrogens with two attached hydrogens (primary N) is 1. The molecule has 0 bridgehead atoms. The zero-order valence-electron chi connectivity index (χ0n) is 10.4. The number of hydrogen-bond acceptors (Lipinski definition) is 5. The molecule has 0 saturated carbocycles. The number of hydrogen-bond donors (Lipinski definition) is 3. The average Bonchev–Trinajstić information content (AvgIpc) is 2.37. The summed E-state index contributed by atoms with van der Waals surface area (Å²) in [6, 6.07) is 6.64. The molecule has 1 aromatic heterocycles. The molecule has 98 valence electrons. The topological polar surface area (TPSA) is 101 Å². The number of benzene rings is 1. The number of carboxylic acids is 1. The van der Waals surface area contributed by atoms with Crippen LogP contribution in [0, 0.1) is 6.92 Å². The minimum absolute atomic E-state index is 0.0869. The van der Waals surface area contributed by atoms with Crippen molar-refractivity contribution >= 4 is 17.3 Å². The van der Waals surface area contributed by atoms with Crippen molar-refractivity contribution in [1.29, 1.82) is 0 Å². The SMILES string of the molecule is Cc1nccc(CNc2cccc(C(=O)O)c2N)n1. The average molecular weight is 258 g/mol. The van der Waals surface area contributed by atoms with Crippen molar-refractivity contribution in [3.63, 3.8) is 0 Å². The van der Waals surface area contributed by atoms with Gasteiger partial charge in [0, 0.05) is 6.20 Å². The molecule has 0 spiro atoms. The Labute approximate surface area is 110 Å². The highest BCUT2D eigenvalue weighted by molar-refractivity contribution is 5.97. The second-order valence-corrected chi connectivity index (χ2v) is 4.02. The van der Waals surface area contributed by atoms with Crippen molar-refractivity contribution in [2.24, 2.45) is 0 Å². The third-order valence-electron chi connectivity index (χ3n) is 2.63. The molecule has 2 rings (SSSR count). The van der Waals surface area contributed by atoms with Gasteiger partial charge in [0.05, 0.1) is 29.2 Å². The van der Waals surface area contributed by atoms with E-state index in [-0.39, 0.29) is 11.3 Å². The molecule has 0 aliphatic rings. The molecule has 0 atom stereocenters. The van der Waals surface area contributed by atoms with E-state index in [9.17, 15) is 4.79 Å². The molecular formula is C13H14N4O2. The van der Waals surface area contributed by atoms with Crippen molar-refractivity contribution in [3.8, 4) is 0 Å². The Morgan fingerprint density at radius 3 is 2.89 bits per heavy atom. The molecule has 0 aliphatic carbocycles. The maximum atomic E-state index is 11.0. The Morgan fingerprint density at radius 1 is 1.42 bits per heavy atom. The van der Waals surface area contributed by atoms with Gasteiger partial charge in [-0.2, -0.15) is 0 Å². The molecule has 4 N–H and O–H groups in total. The van der Waals surface area contributed by atoms with Crippen LogP contribution in [0.25, 0.3) is 0 Å². The molecule has 2 aromatic rings. The standard InChI is InChI=1S/C13H14N4O2/c1-8-15-6-5-9(17-8)7-16-11-4-2-3-10(12(11)14)13(18)19/h2-6,16H,7,14H2,1H3,(H,18,19). The van der Waals surface area contributed by atoms with Gasteiger partial charge in [-0.15, -0.1) is 0 Å². The minimum atomic E-state index is -1.04. The third kappa shape index (κ3) is 2.98.